The fourth-order valence-corrected chi connectivity index (χ4v) is 1.99. The molecule has 1 N–H and O–H groups in total. The number of carbonyl (C=O) groups excluding carboxylic acids is 1. The van der Waals surface area contributed by atoms with Crippen molar-refractivity contribution >= 4 is 23.2 Å². The number of hydrogen-bond acceptors (Lipinski definition) is 2. The molecule has 0 aromatic heterocycles. The van der Waals surface area contributed by atoms with Crippen LogP contribution in [0.5, 0.6) is 0 Å². The SMILES string of the molecule is O=C(Nc1ccc(F)c(Cl)c1)c1ccc(COCC(F)(F)F)cc1. The molecule has 0 aliphatic carbocycles. The lowest BCUT2D eigenvalue weighted by Gasteiger charge is -2.09. The second kappa shape index (κ2) is 7.63. The van der Waals surface area contributed by atoms with Crippen LogP contribution in [0, 0.1) is 5.82 Å². The van der Waals surface area contributed by atoms with Crippen molar-refractivity contribution in [2.75, 3.05) is 11.9 Å². The van der Waals surface area contributed by atoms with Crippen molar-refractivity contribution in [3.63, 3.8) is 0 Å². The molecule has 0 atom stereocenters. The first kappa shape index (κ1) is 18.2. The third-order valence-electron chi connectivity index (χ3n) is 2.93. The van der Waals surface area contributed by atoms with E-state index >= 15 is 0 Å². The number of carbonyl (C=O) groups is 1. The third kappa shape index (κ3) is 5.50. The molecule has 128 valence electrons. The van der Waals surface area contributed by atoms with Crippen molar-refractivity contribution in [3.05, 3.63) is 64.4 Å². The highest BCUT2D eigenvalue weighted by Gasteiger charge is 2.27. The van der Waals surface area contributed by atoms with Crippen LogP contribution in [0.1, 0.15) is 15.9 Å². The zero-order valence-corrected chi connectivity index (χ0v) is 12.9. The predicted molar refractivity (Wildman–Crippen MR) is 81.5 cm³/mol. The summed E-state index contributed by atoms with van der Waals surface area (Å²) in [6, 6.07) is 9.64. The Kier molecular flexibility index (Phi) is 5.80. The summed E-state index contributed by atoms with van der Waals surface area (Å²) in [4.78, 5) is 12.0. The summed E-state index contributed by atoms with van der Waals surface area (Å²) in [7, 11) is 0. The molecule has 2 aromatic carbocycles. The summed E-state index contributed by atoms with van der Waals surface area (Å²) in [5.74, 6) is -1.06. The van der Waals surface area contributed by atoms with Gasteiger partial charge in [-0.25, -0.2) is 4.39 Å². The zero-order valence-electron chi connectivity index (χ0n) is 12.2. The van der Waals surface area contributed by atoms with E-state index in [0.717, 1.165) is 6.07 Å². The maximum absolute atomic E-state index is 13.1. The van der Waals surface area contributed by atoms with E-state index in [9.17, 15) is 22.4 Å². The Hall–Kier alpha value is -2.12. The van der Waals surface area contributed by atoms with Crippen LogP contribution in [-0.2, 0) is 11.3 Å². The predicted octanol–water partition coefficient (Wildman–Crippen LogP) is 4.81. The van der Waals surface area contributed by atoms with E-state index in [4.69, 9.17) is 11.6 Å². The average Bonchev–Trinajstić information content (AvgIpc) is 2.50. The fraction of sp³-hybridized carbons (Fsp3) is 0.188. The number of benzene rings is 2. The molecule has 0 saturated heterocycles. The lowest BCUT2D eigenvalue weighted by molar-refractivity contribution is -0.176. The quantitative estimate of drug-likeness (QED) is 0.776. The molecular weight excluding hydrogens is 350 g/mol. The Morgan fingerprint density at radius 3 is 2.38 bits per heavy atom. The number of anilines is 1. The van der Waals surface area contributed by atoms with E-state index in [1.54, 1.807) is 0 Å². The number of hydrogen-bond donors (Lipinski definition) is 1. The lowest BCUT2D eigenvalue weighted by atomic mass is 10.1. The van der Waals surface area contributed by atoms with Crippen molar-refractivity contribution in [2.45, 2.75) is 12.8 Å². The summed E-state index contributed by atoms with van der Waals surface area (Å²) in [6.45, 7) is -1.55. The Morgan fingerprint density at radius 1 is 1.12 bits per heavy atom. The molecule has 0 bridgehead atoms. The molecule has 0 unspecified atom stereocenters. The lowest BCUT2D eigenvalue weighted by Crippen LogP contribution is -2.16. The molecule has 0 spiro atoms. The van der Waals surface area contributed by atoms with E-state index in [-0.39, 0.29) is 17.2 Å². The molecule has 2 rings (SSSR count). The van der Waals surface area contributed by atoms with Crippen LogP contribution >= 0.6 is 11.6 Å². The summed E-state index contributed by atoms with van der Waals surface area (Å²) in [5, 5.41) is 2.42. The Bertz CT molecular complexity index is 717. The minimum Gasteiger partial charge on any atom is -0.367 e. The standard InChI is InChI=1S/C16H12ClF4NO2/c17-13-7-12(5-6-14(13)18)22-15(23)11-3-1-10(2-4-11)8-24-9-16(19,20)21/h1-7H,8-9H2,(H,22,23). The number of alkyl halides is 3. The molecule has 2 aromatic rings. The van der Waals surface area contributed by atoms with Gasteiger partial charge in [-0.05, 0) is 35.9 Å². The first-order valence-corrected chi connectivity index (χ1v) is 7.12. The van der Waals surface area contributed by atoms with Crippen molar-refractivity contribution in [1.29, 1.82) is 0 Å². The minimum atomic E-state index is -4.38. The molecule has 0 heterocycles. The molecule has 1 amide bonds. The van der Waals surface area contributed by atoms with Gasteiger partial charge >= 0.3 is 6.18 Å². The second-order valence-corrected chi connectivity index (χ2v) is 5.30. The molecule has 0 radical (unpaired) electrons. The minimum absolute atomic E-state index is 0.120. The van der Waals surface area contributed by atoms with Gasteiger partial charge in [-0.3, -0.25) is 4.79 Å². The third-order valence-corrected chi connectivity index (χ3v) is 3.22. The highest BCUT2D eigenvalue weighted by molar-refractivity contribution is 6.31. The van der Waals surface area contributed by atoms with Gasteiger partial charge in [0.1, 0.15) is 12.4 Å². The molecule has 3 nitrogen and oxygen atoms in total. The van der Waals surface area contributed by atoms with Gasteiger partial charge in [-0.2, -0.15) is 13.2 Å². The van der Waals surface area contributed by atoms with Gasteiger partial charge in [0, 0.05) is 11.3 Å². The van der Waals surface area contributed by atoms with Crippen LogP contribution < -0.4 is 5.32 Å². The van der Waals surface area contributed by atoms with E-state index in [1.807, 2.05) is 0 Å². The molecule has 8 heteroatoms. The maximum Gasteiger partial charge on any atom is 0.411 e. The topological polar surface area (TPSA) is 38.3 Å². The fourth-order valence-electron chi connectivity index (χ4n) is 1.81. The van der Waals surface area contributed by atoms with Crippen molar-refractivity contribution in [1.82, 2.24) is 0 Å². The zero-order chi connectivity index (χ0) is 17.7. The number of amides is 1. The van der Waals surface area contributed by atoms with Gasteiger partial charge in [0.05, 0.1) is 11.6 Å². The van der Waals surface area contributed by atoms with Crippen LogP contribution in [0.4, 0.5) is 23.2 Å². The van der Waals surface area contributed by atoms with Gasteiger partial charge in [0.15, 0.2) is 0 Å². The molecule has 0 aliphatic rings. The number of ether oxygens (including phenoxy) is 1. The highest BCUT2D eigenvalue weighted by Crippen LogP contribution is 2.20. The van der Waals surface area contributed by atoms with Gasteiger partial charge in [-0.1, -0.05) is 23.7 Å². The monoisotopic (exact) mass is 361 g/mol. The smallest absolute Gasteiger partial charge is 0.367 e. The van der Waals surface area contributed by atoms with E-state index in [0.29, 0.717) is 11.3 Å². The van der Waals surface area contributed by atoms with E-state index in [1.165, 1.54) is 36.4 Å². The Balaban J connectivity index is 1.94. The second-order valence-electron chi connectivity index (χ2n) is 4.89. The van der Waals surface area contributed by atoms with Crippen molar-refractivity contribution in [2.24, 2.45) is 0 Å². The summed E-state index contributed by atoms with van der Waals surface area (Å²) >= 11 is 5.62. The summed E-state index contributed by atoms with van der Waals surface area (Å²) < 4.78 is 53.5. The highest BCUT2D eigenvalue weighted by atomic mass is 35.5. The average molecular weight is 362 g/mol. The van der Waals surface area contributed by atoms with Gasteiger partial charge in [-0.15, -0.1) is 0 Å². The molecule has 0 saturated carbocycles. The van der Waals surface area contributed by atoms with Gasteiger partial charge in [0.25, 0.3) is 5.91 Å². The molecular formula is C16H12ClF4NO2. The number of halogens is 5. The molecule has 0 aliphatic heterocycles. The van der Waals surface area contributed by atoms with Gasteiger partial charge < -0.3 is 10.1 Å². The normalized spacial score (nSPS) is 11.4. The van der Waals surface area contributed by atoms with E-state index in [2.05, 4.69) is 10.1 Å². The molecule has 0 fully saturated rings. The Morgan fingerprint density at radius 2 is 1.79 bits per heavy atom. The first-order chi connectivity index (χ1) is 11.2. The van der Waals surface area contributed by atoms with Crippen LogP contribution in [0.25, 0.3) is 0 Å². The largest absolute Gasteiger partial charge is 0.411 e. The number of nitrogens with one attached hydrogen (secondary N) is 1. The van der Waals surface area contributed by atoms with Gasteiger partial charge in [0.2, 0.25) is 0 Å². The molecule has 24 heavy (non-hydrogen) atoms. The maximum atomic E-state index is 13.1. The number of rotatable bonds is 5. The van der Waals surface area contributed by atoms with Crippen molar-refractivity contribution in [3.8, 4) is 0 Å². The summed E-state index contributed by atoms with van der Waals surface area (Å²) in [5.41, 5.74) is 1.11. The van der Waals surface area contributed by atoms with Crippen LogP contribution in [0.2, 0.25) is 5.02 Å². The summed E-state index contributed by atoms with van der Waals surface area (Å²) in [6.07, 6.45) is -4.38. The Labute approximate surface area is 140 Å². The van der Waals surface area contributed by atoms with Crippen LogP contribution in [0.15, 0.2) is 42.5 Å². The van der Waals surface area contributed by atoms with E-state index < -0.39 is 24.5 Å². The van der Waals surface area contributed by atoms with Crippen LogP contribution in [-0.4, -0.2) is 18.7 Å². The van der Waals surface area contributed by atoms with Crippen molar-refractivity contribution < 1.29 is 27.1 Å². The van der Waals surface area contributed by atoms with Crippen LogP contribution in [0.3, 0.4) is 0 Å². The first-order valence-electron chi connectivity index (χ1n) is 6.74.